The number of carbonyl (C=O) groups excluding carboxylic acids is 2. The second-order valence-corrected chi connectivity index (χ2v) is 5.57. The van der Waals surface area contributed by atoms with E-state index < -0.39 is 0 Å². The monoisotopic (exact) mass is 335 g/mol. The molecule has 0 spiro atoms. The van der Waals surface area contributed by atoms with Crippen LogP contribution in [0.3, 0.4) is 0 Å². The molecule has 7 heteroatoms. The highest BCUT2D eigenvalue weighted by molar-refractivity contribution is 5.75. The van der Waals surface area contributed by atoms with E-state index in [4.69, 9.17) is 9.47 Å². The Hall–Kier alpha value is -2.44. The molecule has 0 saturated carbocycles. The SMILES string of the molecule is CCOC(=O)N1CCN(C(=O)NCCOc2cccc(C)c2)CC1. The molecule has 1 aromatic rings. The van der Waals surface area contributed by atoms with Crippen molar-refractivity contribution in [2.45, 2.75) is 13.8 Å². The summed E-state index contributed by atoms with van der Waals surface area (Å²) in [5.74, 6) is 0.798. The molecule has 0 unspecified atom stereocenters. The van der Waals surface area contributed by atoms with E-state index in [0.717, 1.165) is 11.3 Å². The molecule has 132 valence electrons. The highest BCUT2D eigenvalue weighted by Crippen LogP contribution is 2.11. The van der Waals surface area contributed by atoms with Gasteiger partial charge in [0.1, 0.15) is 12.4 Å². The van der Waals surface area contributed by atoms with E-state index in [2.05, 4.69) is 5.32 Å². The van der Waals surface area contributed by atoms with Gasteiger partial charge in [-0.2, -0.15) is 0 Å². The minimum absolute atomic E-state index is 0.133. The fourth-order valence-corrected chi connectivity index (χ4v) is 2.45. The maximum atomic E-state index is 12.1. The molecule has 1 aliphatic rings. The van der Waals surface area contributed by atoms with Gasteiger partial charge in [-0.15, -0.1) is 0 Å². The van der Waals surface area contributed by atoms with Gasteiger partial charge in [0.05, 0.1) is 13.2 Å². The Bertz CT molecular complexity index is 557. The summed E-state index contributed by atoms with van der Waals surface area (Å²) in [7, 11) is 0. The third-order valence-electron chi connectivity index (χ3n) is 3.73. The van der Waals surface area contributed by atoms with Crippen LogP contribution < -0.4 is 10.1 Å². The van der Waals surface area contributed by atoms with Gasteiger partial charge in [0.2, 0.25) is 0 Å². The maximum absolute atomic E-state index is 12.1. The van der Waals surface area contributed by atoms with Gasteiger partial charge in [0, 0.05) is 26.2 Å². The number of benzene rings is 1. The molecule has 0 radical (unpaired) electrons. The molecule has 0 bridgehead atoms. The van der Waals surface area contributed by atoms with Gasteiger partial charge in [0.15, 0.2) is 0 Å². The van der Waals surface area contributed by atoms with Crippen molar-refractivity contribution in [3.8, 4) is 5.75 Å². The zero-order valence-electron chi connectivity index (χ0n) is 14.3. The number of nitrogens with zero attached hydrogens (tertiary/aromatic N) is 2. The topological polar surface area (TPSA) is 71.1 Å². The minimum atomic E-state index is -0.316. The van der Waals surface area contributed by atoms with Crippen LogP contribution in [-0.4, -0.2) is 67.9 Å². The third kappa shape index (κ3) is 5.33. The number of nitrogens with one attached hydrogen (secondary N) is 1. The predicted molar refractivity (Wildman–Crippen MR) is 90.2 cm³/mol. The number of urea groups is 1. The van der Waals surface area contributed by atoms with Crippen LogP contribution in [0.15, 0.2) is 24.3 Å². The molecular weight excluding hydrogens is 310 g/mol. The normalized spacial score (nSPS) is 14.2. The molecule has 1 fully saturated rings. The lowest BCUT2D eigenvalue weighted by molar-refractivity contribution is 0.0851. The lowest BCUT2D eigenvalue weighted by Crippen LogP contribution is -2.53. The van der Waals surface area contributed by atoms with Crippen molar-refractivity contribution in [2.24, 2.45) is 0 Å². The van der Waals surface area contributed by atoms with Crippen molar-refractivity contribution in [3.63, 3.8) is 0 Å². The van der Waals surface area contributed by atoms with Crippen LogP contribution in [0.4, 0.5) is 9.59 Å². The van der Waals surface area contributed by atoms with E-state index in [1.54, 1.807) is 16.7 Å². The van der Waals surface area contributed by atoms with Crippen LogP contribution in [0.2, 0.25) is 0 Å². The lowest BCUT2D eigenvalue weighted by Gasteiger charge is -2.33. The van der Waals surface area contributed by atoms with E-state index >= 15 is 0 Å². The first kappa shape index (κ1) is 17.9. The molecule has 24 heavy (non-hydrogen) atoms. The number of hydrogen-bond donors (Lipinski definition) is 1. The summed E-state index contributed by atoms with van der Waals surface area (Å²) in [5, 5.41) is 2.83. The Morgan fingerprint density at radius 2 is 1.88 bits per heavy atom. The third-order valence-corrected chi connectivity index (χ3v) is 3.73. The van der Waals surface area contributed by atoms with E-state index in [1.165, 1.54) is 0 Å². The smallest absolute Gasteiger partial charge is 0.409 e. The number of ether oxygens (including phenoxy) is 2. The van der Waals surface area contributed by atoms with Crippen molar-refractivity contribution in [3.05, 3.63) is 29.8 Å². The largest absolute Gasteiger partial charge is 0.492 e. The first-order chi connectivity index (χ1) is 11.6. The van der Waals surface area contributed by atoms with E-state index in [0.29, 0.717) is 45.9 Å². The fraction of sp³-hybridized carbons (Fsp3) is 0.529. The number of piperazine rings is 1. The van der Waals surface area contributed by atoms with Crippen LogP contribution in [0.25, 0.3) is 0 Å². The molecule has 0 atom stereocenters. The second-order valence-electron chi connectivity index (χ2n) is 5.57. The second kappa shape index (κ2) is 9.00. The van der Waals surface area contributed by atoms with Gasteiger partial charge >= 0.3 is 12.1 Å². The molecule has 0 aliphatic carbocycles. The number of rotatable bonds is 5. The highest BCUT2D eigenvalue weighted by atomic mass is 16.6. The van der Waals surface area contributed by atoms with Crippen molar-refractivity contribution >= 4 is 12.1 Å². The van der Waals surface area contributed by atoms with E-state index in [-0.39, 0.29) is 12.1 Å². The molecule has 1 aliphatic heterocycles. The minimum Gasteiger partial charge on any atom is -0.492 e. The van der Waals surface area contributed by atoms with E-state index in [9.17, 15) is 9.59 Å². The number of aryl methyl sites for hydroxylation is 1. The summed E-state index contributed by atoms with van der Waals surface area (Å²) < 4.78 is 10.6. The van der Waals surface area contributed by atoms with Crippen molar-refractivity contribution in [1.29, 1.82) is 0 Å². The average Bonchev–Trinajstić information content (AvgIpc) is 2.59. The summed E-state index contributed by atoms with van der Waals surface area (Å²) >= 11 is 0. The lowest BCUT2D eigenvalue weighted by atomic mass is 10.2. The molecule has 1 aromatic carbocycles. The Morgan fingerprint density at radius 3 is 2.54 bits per heavy atom. The number of carbonyl (C=O) groups is 2. The van der Waals surface area contributed by atoms with Gasteiger partial charge in [-0.1, -0.05) is 12.1 Å². The van der Waals surface area contributed by atoms with Gasteiger partial charge in [0.25, 0.3) is 0 Å². The summed E-state index contributed by atoms with van der Waals surface area (Å²) in [6.45, 7) is 6.99. The van der Waals surface area contributed by atoms with Gasteiger partial charge in [-0.25, -0.2) is 9.59 Å². The Kier molecular flexibility index (Phi) is 6.72. The van der Waals surface area contributed by atoms with Crippen LogP contribution in [0.1, 0.15) is 12.5 Å². The van der Waals surface area contributed by atoms with E-state index in [1.807, 2.05) is 31.2 Å². The molecule has 1 heterocycles. The summed E-state index contributed by atoms with van der Waals surface area (Å²) in [6, 6.07) is 7.66. The van der Waals surface area contributed by atoms with Crippen LogP contribution in [-0.2, 0) is 4.74 Å². The first-order valence-electron chi connectivity index (χ1n) is 8.24. The van der Waals surface area contributed by atoms with Crippen LogP contribution >= 0.6 is 0 Å². The number of amides is 3. The maximum Gasteiger partial charge on any atom is 0.409 e. The molecule has 3 amide bonds. The summed E-state index contributed by atoms with van der Waals surface area (Å²) in [4.78, 5) is 27.0. The Labute approximate surface area is 142 Å². The average molecular weight is 335 g/mol. The van der Waals surface area contributed by atoms with Crippen molar-refractivity contribution < 1.29 is 19.1 Å². The van der Waals surface area contributed by atoms with Gasteiger partial charge < -0.3 is 24.6 Å². The van der Waals surface area contributed by atoms with Gasteiger partial charge in [-0.3, -0.25) is 0 Å². The zero-order chi connectivity index (χ0) is 17.4. The quantitative estimate of drug-likeness (QED) is 0.834. The molecule has 7 nitrogen and oxygen atoms in total. The first-order valence-corrected chi connectivity index (χ1v) is 8.24. The van der Waals surface area contributed by atoms with Crippen molar-refractivity contribution in [2.75, 3.05) is 45.9 Å². The van der Waals surface area contributed by atoms with Crippen LogP contribution in [0, 0.1) is 6.92 Å². The molecule has 0 aromatic heterocycles. The highest BCUT2D eigenvalue weighted by Gasteiger charge is 2.24. The molecule has 1 saturated heterocycles. The molecular formula is C17H25N3O4. The van der Waals surface area contributed by atoms with Crippen molar-refractivity contribution in [1.82, 2.24) is 15.1 Å². The molecule has 1 N–H and O–H groups in total. The zero-order valence-corrected chi connectivity index (χ0v) is 14.3. The summed E-state index contributed by atoms with van der Waals surface area (Å²) in [6.07, 6.45) is -0.316. The molecule has 2 rings (SSSR count). The Balaban J connectivity index is 1.64. The number of hydrogen-bond acceptors (Lipinski definition) is 4. The van der Waals surface area contributed by atoms with Crippen LogP contribution in [0.5, 0.6) is 5.75 Å². The standard InChI is InChI=1S/C17H25N3O4/c1-3-23-17(22)20-10-8-19(9-11-20)16(21)18-7-12-24-15-6-4-5-14(2)13-15/h4-6,13H,3,7-12H2,1-2H3,(H,18,21). The fourth-order valence-electron chi connectivity index (χ4n) is 2.45. The van der Waals surface area contributed by atoms with Gasteiger partial charge in [-0.05, 0) is 31.5 Å². The summed E-state index contributed by atoms with van der Waals surface area (Å²) in [5.41, 5.74) is 1.14. The Morgan fingerprint density at radius 1 is 1.17 bits per heavy atom. The predicted octanol–water partition coefficient (Wildman–Crippen LogP) is 1.86.